The van der Waals surface area contributed by atoms with E-state index in [1.807, 2.05) is 6.07 Å². The molecule has 0 saturated carbocycles. The Morgan fingerprint density at radius 1 is 1.10 bits per heavy atom. The van der Waals surface area contributed by atoms with Crippen molar-refractivity contribution in [1.82, 2.24) is 9.80 Å². The van der Waals surface area contributed by atoms with E-state index in [1.54, 1.807) is 45.0 Å². The van der Waals surface area contributed by atoms with Gasteiger partial charge in [0.05, 0.1) is 0 Å². The van der Waals surface area contributed by atoms with E-state index in [1.165, 1.54) is 4.90 Å². The van der Waals surface area contributed by atoms with Gasteiger partial charge in [-0.1, -0.05) is 30.3 Å². The van der Waals surface area contributed by atoms with E-state index in [-0.39, 0.29) is 84.0 Å². The predicted octanol–water partition coefficient (Wildman–Crippen LogP) is 1.49. The molecule has 2 amide bonds. The SMILES string of the molecule is CC(C)(C)OC(=O)N1CCC2(CN(C(=O)OCc3ccccc3)CC2[B-](F)(F)F)C1.[K+]. The van der Waals surface area contributed by atoms with Crippen LogP contribution in [0.5, 0.6) is 0 Å². The number of carbonyl (C=O) groups excluding carboxylic acids is 2. The molecule has 2 unspecified atom stereocenters. The quantitative estimate of drug-likeness (QED) is 0.634. The van der Waals surface area contributed by atoms with Gasteiger partial charge in [-0.05, 0) is 44.0 Å². The Kier molecular flexibility index (Phi) is 8.57. The average Bonchev–Trinajstić information content (AvgIpc) is 3.24. The van der Waals surface area contributed by atoms with Gasteiger partial charge in [0.1, 0.15) is 12.2 Å². The molecule has 1 spiro atoms. The Hall–Kier alpha value is -0.749. The first kappa shape index (κ1) is 26.5. The summed E-state index contributed by atoms with van der Waals surface area (Å²) >= 11 is 0. The number of halogens is 3. The second-order valence-corrected chi connectivity index (χ2v) is 9.17. The summed E-state index contributed by atoms with van der Waals surface area (Å²) in [7, 11) is 0. The first-order chi connectivity index (χ1) is 13.9. The summed E-state index contributed by atoms with van der Waals surface area (Å²) < 4.78 is 52.2. The van der Waals surface area contributed by atoms with Crippen molar-refractivity contribution in [2.75, 3.05) is 26.2 Å². The normalized spacial score (nSPS) is 23.6. The summed E-state index contributed by atoms with van der Waals surface area (Å²) in [6.07, 6.45) is -1.23. The van der Waals surface area contributed by atoms with Gasteiger partial charge in [-0.25, -0.2) is 9.59 Å². The van der Waals surface area contributed by atoms with Gasteiger partial charge in [0.25, 0.3) is 0 Å². The van der Waals surface area contributed by atoms with Gasteiger partial charge in [0.2, 0.25) is 0 Å². The molecule has 1 aromatic rings. The fraction of sp³-hybridized carbons (Fsp3) is 0.600. The van der Waals surface area contributed by atoms with Crippen LogP contribution in [0.3, 0.4) is 0 Å². The van der Waals surface area contributed by atoms with Crippen molar-refractivity contribution < 1.29 is 83.4 Å². The molecule has 2 heterocycles. The molecule has 0 aromatic heterocycles. The molecule has 0 aliphatic carbocycles. The molecule has 2 fully saturated rings. The van der Waals surface area contributed by atoms with Gasteiger partial charge >= 0.3 is 70.5 Å². The van der Waals surface area contributed by atoms with Gasteiger partial charge in [-0.15, -0.1) is 0 Å². The van der Waals surface area contributed by atoms with Crippen LogP contribution in [0, 0.1) is 5.41 Å². The zero-order valence-corrected chi connectivity index (χ0v) is 21.6. The second kappa shape index (κ2) is 10.0. The van der Waals surface area contributed by atoms with Crippen molar-refractivity contribution in [3.63, 3.8) is 0 Å². The number of benzene rings is 1. The van der Waals surface area contributed by atoms with Crippen LogP contribution in [0.1, 0.15) is 32.8 Å². The molecule has 3 rings (SSSR count). The third-order valence-corrected chi connectivity index (χ3v) is 5.67. The van der Waals surface area contributed by atoms with Crippen LogP contribution < -0.4 is 51.4 Å². The molecule has 1 aromatic carbocycles. The summed E-state index contributed by atoms with van der Waals surface area (Å²) in [5, 5.41) is 0. The maximum absolute atomic E-state index is 13.9. The van der Waals surface area contributed by atoms with E-state index < -0.39 is 42.5 Å². The van der Waals surface area contributed by atoms with E-state index in [2.05, 4.69) is 0 Å². The standard InChI is InChI=1S/C20H27BF3N2O4.K/c1-19(2,3)30-18(28)25-10-9-20(13-25)14-26(11-16(20)21(22,23)24)17(27)29-12-15-7-5-4-6-8-15;/h4-8,16H,9-14H2,1-3H3;/q-1;+1. The second-order valence-electron chi connectivity index (χ2n) is 9.17. The van der Waals surface area contributed by atoms with E-state index in [9.17, 15) is 22.5 Å². The molecule has 11 heteroatoms. The number of carbonyl (C=O) groups is 2. The maximum atomic E-state index is 13.9. The van der Waals surface area contributed by atoms with Crippen LogP contribution in [0.25, 0.3) is 0 Å². The summed E-state index contributed by atoms with van der Waals surface area (Å²) in [5.74, 6) is -1.66. The van der Waals surface area contributed by atoms with E-state index in [4.69, 9.17) is 9.47 Å². The number of hydrogen-bond donors (Lipinski definition) is 0. The van der Waals surface area contributed by atoms with Crippen LogP contribution in [0.15, 0.2) is 30.3 Å². The summed E-state index contributed by atoms with van der Waals surface area (Å²) in [4.78, 5) is 27.3. The number of amides is 2. The van der Waals surface area contributed by atoms with Crippen LogP contribution in [0.4, 0.5) is 22.5 Å². The fourth-order valence-electron chi connectivity index (χ4n) is 4.27. The molecule has 166 valence electrons. The third-order valence-electron chi connectivity index (χ3n) is 5.67. The van der Waals surface area contributed by atoms with Gasteiger partial charge in [-0.2, -0.15) is 0 Å². The monoisotopic (exact) mass is 466 g/mol. The minimum Gasteiger partial charge on any atom is -0.449 e. The topological polar surface area (TPSA) is 59.1 Å². The molecule has 2 atom stereocenters. The van der Waals surface area contributed by atoms with Crippen LogP contribution in [0.2, 0.25) is 5.82 Å². The van der Waals surface area contributed by atoms with Gasteiger partial charge in [0.15, 0.2) is 0 Å². The van der Waals surface area contributed by atoms with Crippen LogP contribution >= 0.6 is 0 Å². The van der Waals surface area contributed by atoms with Crippen molar-refractivity contribution in [3.8, 4) is 0 Å². The molecule has 2 aliphatic rings. The first-order valence-corrected chi connectivity index (χ1v) is 10.0. The minimum absolute atomic E-state index is 0. The Labute approximate surface area is 223 Å². The maximum Gasteiger partial charge on any atom is 1.00 e. The molecule has 0 N–H and O–H groups in total. The van der Waals surface area contributed by atoms with Crippen molar-refractivity contribution in [3.05, 3.63) is 35.9 Å². The van der Waals surface area contributed by atoms with Gasteiger partial charge in [0, 0.05) is 26.2 Å². The van der Waals surface area contributed by atoms with E-state index in [0.29, 0.717) is 0 Å². The number of hydrogen-bond acceptors (Lipinski definition) is 4. The summed E-state index contributed by atoms with van der Waals surface area (Å²) in [6.45, 7) is -0.539. The molecular weight excluding hydrogens is 439 g/mol. The van der Waals surface area contributed by atoms with Crippen molar-refractivity contribution in [1.29, 1.82) is 0 Å². The minimum atomic E-state index is -5.20. The predicted molar refractivity (Wildman–Crippen MR) is 106 cm³/mol. The van der Waals surface area contributed by atoms with Gasteiger partial charge in [-0.3, -0.25) is 0 Å². The number of nitrogens with zero attached hydrogens (tertiary/aromatic N) is 2. The average molecular weight is 466 g/mol. The molecule has 0 radical (unpaired) electrons. The zero-order chi connectivity index (χ0) is 22.2. The van der Waals surface area contributed by atoms with Gasteiger partial charge < -0.3 is 32.2 Å². The third kappa shape index (κ3) is 6.63. The van der Waals surface area contributed by atoms with Crippen molar-refractivity contribution >= 4 is 19.2 Å². The van der Waals surface area contributed by atoms with Crippen molar-refractivity contribution in [2.45, 2.75) is 45.2 Å². The molecule has 31 heavy (non-hydrogen) atoms. The number of ether oxygens (including phenoxy) is 2. The summed E-state index contributed by atoms with van der Waals surface area (Å²) in [6, 6.07) is 8.95. The number of likely N-dealkylation sites (tertiary alicyclic amines) is 2. The van der Waals surface area contributed by atoms with E-state index in [0.717, 1.165) is 10.5 Å². The van der Waals surface area contributed by atoms with Crippen LogP contribution in [-0.2, 0) is 16.1 Å². The zero-order valence-electron chi connectivity index (χ0n) is 18.4. The molecule has 6 nitrogen and oxygen atoms in total. The Bertz CT molecular complexity index is 791. The first-order valence-electron chi connectivity index (χ1n) is 10.0. The molecule has 2 aliphatic heterocycles. The smallest absolute Gasteiger partial charge is 0.449 e. The molecule has 0 bridgehead atoms. The fourth-order valence-corrected chi connectivity index (χ4v) is 4.27. The molecular formula is C20H27BF3KN2O4. The summed E-state index contributed by atoms with van der Waals surface area (Å²) in [5.41, 5.74) is -1.20. The molecule has 2 saturated heterocycles. The Morgan fingerprint density at radius 3 is 2.29 bits per heavy atom. The number of rotatable bonds is 3. The Morgan fingerprint density at radius 2 is 1.71 bits per heavy atom. The van der Waals surface area contributed by atoms with Crippen molar-refractivity contribution in [2.24, 2.45) is 5.41 Å². The Balaban J connectivity index is 0.00000341. The van der Waals surface area contributed by atoms with E-state index >= 15 is 0 Å². The largest absolute Gasteiger partial charge is 1.00 e. The van der Waals surface area contributed by atoms with Crippen LogP contribution in [-0.4, -0.2) is 60.7 Å².